The Morgan fingerprint density at radius 1 is 1.05 bits per heavy atom. The molecular formula is C13H9BrCl2F2N2. The molecule has 0 heterocycles. The van der Waals surface area contributed by atoms with Gasteiger partial charge in [-0.3, -0.25) is 5.84 Å². The molecule has 106 valence electrons. The molecule has 0 radical (unpaired) electrons. The second kappa shape index (κ2) is 6.37. The third-order valence-corrected chi connectivity index (χ3v) is 4.39. The maximum atomic E-state index is 14.2. The molecule has 0 spiro atoms. The molecule has 2 aromatic carbocycles. The van der Waals surface area contributed by atoms with Gasteiger partial charge in [0.05, 0.1) is 16.1 Å². The summed E-state index contributed by atoms with van der Waals surface area (Å²) in [7, 11) is 0. The normalized spacial score (nSPS) is 12.5. The van der Waals surface area contributed by atoms with E-state index < -0.39 is 17.7 Å². The number of rotatable bonds is 3. The lowest BCUT2D eigenvalue weighted by Gasteiger charge is -2.19. The molecule has 0 amide bonds. The highest BCUT2D eigenvalue weighted by Gasteiger charge is 2.23. The van der Waals surface area contributed by atoms with Gasteiger partial charge in [-0.2, -0.15) is 0 Å². The average molecular weight is 382 g/mol. The van der Waals surface area contributed by atoms with E-state index in [1.165, 1.54) is 18.2 Å². The summed E-state index contributed by atoms with van der Waals surface area (Å²) in [5, 5.41) is -0.156. The topological polar surface area (TPSA) is 38.0 Å². The zero-order chi connectivity index (χ0) is 14.9. The third kappa shape index (κ3) is 2.82. The van der Waals surface area contributed by atoms with Crippen LogP contribution in [0, 0.1) is 11.6 Å². The highest BCUT2D eigenvalue weighted by atomic mass is 79.9. The number of nitrogens with two attached hydrogens (primary N) is 1. The van der Waals surface area contributed by atoms with Crippen molar-refractivity contribution in [1.29, 1.82) is 0 Å². The molecule has 7 heteroatoms. The first kappa shape index (κ1) is 15.7. The van der Waals surface area contributed by atoms with Crippen LogP contribution in [0.25, 0.3) is 0 Å². The van der Waals surface area contributed by atoms with Crippen molar-refractivity contribution in [2.75, 3.05) is 0 Å². The van der Waals surface area contributed by atoms with E-state index in [2.05, 4.69) is 21.4 Å². The Labute approximate surface area is 133 Å². The van der Waals surface area contributed by atoms with Crippen LogP contribution in [-0.2, 0) is 0 Å². The fourth-order valence-corrected chi connectivity index (χ4v) is 2.51. The number of nitrogens with one attached hydrogen (secondary N) is 1. The van der Waals surface area contributed by atoms with Crippen molar-refractivity contribution >= 4 is 39.1 Å². The van der Waals surface area contributed by atoms with E-state index in [-0.39, 0.29) is 21.2 Å². The Balaban J connectivity index is 2.59. The number of hydrazine groups is 1. The Morgan fingerprint density at radius 3 is 2.35 bits per heavy atom. The quantitative estimate of drug-likeness (QED) is 0.463. The van der Waals surface area contributed by atoms with E-state index in [1.807, 2.05) is 0 Å². The van der Waals surface area contributed by atoms with Gasteiger partial charge < -0.3 is 0 Å². The minimum atomic E-state index is -0.903. The fraction of sp³-hybridized carbons (Fsp3) is 0.0769. The predicted molar refractivity (Wildman–Crippen MR) is 79.7 cm³/mol. The van der Waals surface area contributed by atoms with Crippen molar-refractivity contribution in [2.24, 2.45) is 5.84 Å². The van der Waals surface area contributed by atoms with Crippen LogP contribution in [0.15, 0.2) is 34.8 Å². The molecule has 1 unspecified atom stereocenters. The van der Waals surface area contributed by atoms with E-state index in [4.69, 9.17) is 29.0 Å². The second-order valence-electron chi connectivity index (χ2n) is 4.01. The van der Waals surface area contributed by atoms with Crippen molar-refractivity contribution in [3.05, 3.63) is 67.6 Å². The van der Waals surface area contributed by atoms with E-state index in [9.17, 15) is 8.78 Å². The van der Waals surface area contributed by atoms with E-state index in [0.717, 1.165) is 0 Å². The molecule has 20 heavy (non-hydrogen) atoms. The molecule has 2 nitrogen and oxygen atoms in total. The lowest BCUT2D eigenvalue weighted by atomic mass is 9.98. The summed E-state index contributed by atoms with van der Waals surface area (Å²) in [5.74, 6) is 4.10. The Morgan fingerprint density at radius 2 is 1.70 bits per heavy atom. The lowest BCUT2D eigenvalue weighted by molar-refractivity contribution is 0.531. The van der Waals surface area contributed by atoms with Crippen LogP contribution in [-0.4, -0.2) is 0 Å². The third-order valence-electron chi connectivity index (χ3n) is 2.84. The summed E-state index contributed by atoms with van der Waals surface area (Å²) in [6.07, 6.45) is 0. The minimum absolute atomic E-state index is 0.0635. The summed E-state index contributed by atoms with van der Waals surface area (Å²) in [6.45, 7) is 0. The van der Waals surface area contributed by atoms with Crippen molar-refractivity contribution in [3.63, 3.8) is 0 Å². The predicted octanol–water partition coefficient (Wildman–Crippen LogP) is 4.59. The van der Waals surface area contributed by atoms with Crippen LogP contribution in [0.4, 0.5) is 8.78 Å². The van der Waals surface area contributed by atoms with Gasteiger partial charge in [0.2, 0.25) is 0 Å². The summed E-state index contributed by atoms with van der Waals surface area (Å²) in [6, 6.07) is 6.56. The maximum absolute atomic E-state index is 14.2. The van der Waals surface area contributed by atoms with Gasteiger partial charge in [0.25, 0.3) is 0 Å². The summed E-state index contributed by atoms with van der Waals surface area (Å²) in [4.78, 5) is 0. The fourth-order valence-electron chi connectivity index (χ4n) is 1.85. The first-order valence-electron chi connectivity index (χ1n) is 5.50. The van der Waals surface area contributed by atoms with Crippen LogP contribution in [0.3, 0.4) is 0 Å². The molecule has 0 saturated heterocycles. The number of halogens is 5. The van der Waals surface area contributed by atoms with Crippen LogP contribution < -0.4 is 11.3 Å². The monoisotopic (exact) mass is 380 g/mol. The molecule has 0 aliphatic rings. The first-order chi connectivity index (χ1) is 9.47. The van der Waals surface area contributed by atoms with Gasteiger partial charge in [0.1, 0.15) is 11.6 Å². The van der Waals surface area contributed by atoms with Gasteiger partial charge in [-0.15, -0.1) is 0 Å². The second-order valence-corrected chi connectivity index (χ2v) is 5.65. The largest absolute Gasteiger partial charge is 0.271 e. The highest BCUT2D eigenvalue weighted by Crippen LogP contribution is 2.34. The highest BCUT2D eigenvalue weighted by molar-refractivity contribution is 9.10. The summed E-state index contributed by atoms with van der Waals surface area (Å²) in [5.41, 5.74) is 2.64. The number of benzene rings is 2. The van der Waals surface area contributed by atoms with Gasteiger partial charge in [0.15, 0.2) is 0 Å². The van der Waals surface area contributed by atoms with E-state index >= 15 is 0 Å². The van der Waals surface area contributed by atoms with Gasteiger partial charge in [0, 0.05) is 15.6 Å². The van der Waals surface area contributed by atoms with Crippen LogP contribution in [0.1, 0.15) is 17.2 Å². The van der Waals surface area contributed by atoms with Crippen LogP contribution in [0.5, 0.6) is 0 Å². The zero-order valence-corrected chi connectivity index (χ0v) is 13.0. The number of hydrogen-bond donors (Lipinski definition) is 2. The molecule has 1 atom stereocenters. The average Bonchev–Trinajstić information content (AvgIpc) is 2.44. The van der Waals surface area contributed by atoms with Crippen molar-refractivity contribution in [2.45, 2.75) is 6.04 Å². The van der Waals surface area contributed by atoms with Crippen LogP contribution in [0.2, 0.25) is 10.0 Å². The van der Waals surface area contributed by atoms with Crippen molar-refractivity contribution in [1.82, 2.24) is 5.43 Å². The van der Waals surface area contributed by atoms with Crippen molar-refractivity contribution < 1.29 is 8.78 Å². The van der Waals surface area contributed by atoms with Gasteiger partial charge >= 0.3 is 0 Å². The maximum Gasteiger partial charge on any atom is 0.148 e. The molecule has 0 aromatic heterocycles. The molecule has 0 aliphatic carbocycles. The SMILES string of the molecule is NNC(c1cccc(Cl)c1F)c1ccc(Br)c(Cl)c1F. The Bertz CT molecular complexity index is 653. The molecular weight excluding hydrogens is 373 g/mol. The minimum Gasteiger partial charge on any atom is -0.271 e. The molecule has 0 aliphatic heterocycles. The van der Waals surface area contributed by atoms with Gasteiger partial charge in [-0.1, -0.05) is 41.4 Å². The van der Waals surface area contributed by atoms with Gasteiger partial charge in [-0.25, -0.2) is 14.2 Å². The first-order valence-corrected chi connectivity index (χ1v) is 7.05. The Kier molecular flexibility index (Phi) is 4.99. The molecule has 0 fully saturated rings. The van der Waals surface area contributed by atoms with Crippen LogP contribution >= 0.6 is 39.1 Å². The molecule has 2 rings (SSSR count). The lowest BCUT2D eigenvalue weighted by Crippen LogP contribution is -2.30. The van der Waals surface area contributed by atoms with E-state index in [1.54, 1.807) is 12.1 Å². The smallest absolute Gasteiger partial charge is 0.148 e. The van der Waals surface area contributed by atoms with E-state index in [0.29, 0.717) is 4.47 Å². The molecule has 2 aromatic rings. The number of hydrogen-bond acceptors (Lipinski definition) is 2. The molecule has 0 saturated carbocycles. The summed E-state index contributed by atoms with van der Waals surface area (Å²) < 4.78 is 28.7. The van der Waals surface area contributed by atoms with Crippen molar-refractivity contribution in [3.8, 4) is 0 Å². The summed E-state index contributed by atoms with van der Waals surface area (Å²) >= 11 is 14.7. The standard InChI is InChI=1S/C13H9BrCl2F2N2/c14-8-5-4-7(12(18)10(8)16)13(20-19)6-2-1-3-9(15)11(6)17/h1-5,13,20H,19H2. The Hall–Kier alpha value is -0.720. The van der Waals surface area contributed by atoms with Gasteiger partial charge in [-0.05, 0) is 28.1 Å². The zero-order valence-electron chi connectivity index (χ0n) is 9.93. The molecule has 0 bridgehead atoms. The molecule has 3 N–H and O–H groups in total.